The predicted molar refractivity (Wildman–Crippen MR) is 595 cm³/mol. The fourth-order valence-corrected chi connectivity index (χ4v) is 16.7. The maximum atomic E-state index is 11.7. The summed E-state index contributed by atoms with van der Waals surface area (Å²) in [4.78, 5) is 120. The van der Waals surface area contributed by atoms with Crippen molar-refractivity contribution in [2.75, 3.05) is 110 Å². The summed E-state index contributed by atoms with van der Waals surface area (Å²) in [6, 6.07) is 92.3. The Bertz CT molecular complexity index is 6520. The second kappa shape index (κ2) is 59.6. The second-order valence-electron chi connectivity index (χ2n) is 34.0. The molecular formula is C120H134N9O18P. The van der Waals surface area contributed by atoms with E-state index < -0.39 is 43.4 Å². The van der Waals surface area contributed by atoms with E-state index in [2.05, 4.69) is 208 Å². The lowest BCUT2D eigenvalue weighted by Crippen LogP contribution is -2.34. The number of aliphatic carboxylic acids is 2. The highest BCUT2D eigenvalue weighted by atomic mass is 31.2. The molecule has 28 heteroatoms. The van der Waals surface area contributed by atoms with Crippen molar-refractivity contribution >= 4 is 124 Å². The molecule has 12 aromatic rings. The van der Waals surface area contributed by atoms with E-state index in [1.807, 2.05) is 95.0 Å². The Morgan fingerprint density at radius 2 is 0.757 bits per heavy atom. The minimum Gasteiger partial charge on any atom is -0.480 e. The molecule has 4 N–H and O–H groups in total. The van der Waals surface area contributed by atoms with Gasteiger partial charge in [0.25, 0.3) is 0 Å². The van der Waals surface area contributed by atoms with Gasteiger partial charge in [-0.25, -0.2) is 28.8 Å². The van der Waals surface area contributed by atoms with E-state index in [-0.39, 0.29) is 45.1 Å². The van der Waals surface area contributed by atoms with Gasteiger partial charge in [-0.15, -0.1) is 0 Å². The van der Waals surface area contributed by atoms with E-state index >= 15 is 0 Å². The third-order valence-corrected chi connectivity index (χ3v) is 25.3. The van der Waals surface area contributed by atoms with Crippen LogP contribution in [0.2, 0.25) is 0 Å². The minimum atomic E-state index is -4.31. The van der Waals surface area contributed by atoms with Gasteiger partial charge < -0.3 is 63.3 Å². The van der Waals surface area contributed by atoms with Crippen LogP contribution in [0.5, 0.6) is 0 Å². The number of ether oxygens (including phenoxy) is 5. The van der Waals surface area contributed by atoms with E-state index in [9.17, 15) is 62.9 Å². The molecule has 0 spiro atoms. The number of methoxy groups -OCH3 is 3. The molecule has 2 atom stereocenters. The molecule has 14 rings (SSSR count). The second-order valence-corrected chi connectivity index (χ2v) is 35.6. The molecule has 2 aliphatic rings. The first-order valence-electron chi connectivity index (χ1n) is 49.2. The zero-order valence-electron chi connectivity index (χ0n) is 85.8. The number of allylic oxidation sites excluding steroid dienone is 2. The normalized spacial score (nSPS) is 12.6. The van der Waals surface area contributed by atoms with Crippen molar-refractivity contribution in [2.45, 2.75) is 126 Å². The zero-order chi connectivity index (χ0) is 107. The van der Waals surface area contributed by atoms with Gasteiger partial charge in [0.2, 0.25) is 0 Å². The summed E-state index contributed by atoms with van der Waals surface area (Å²) in [6.45, 7) is 30.8. The van der Waals surface area contributed by atoms with Crippen LogP contribution in [0.25, 0.3) is 39.3 Å². The van der Waals surface area contributed by atoms with Crippen molar-refractivity contribution in [1.29, 1.82) is 0 Å². The highest BCUT2D eigenvalue weighted by Crippen LogP contribution is 2.41. The Hall–Kier alpha value is -16.6. The molecule has 148 heavy (non-hydrogen) atoms. The van der Waals surface area contributed by atoms with Gasteiger partial charge in [-0.3, -0.25) is 29.0 Å². The van der Waals surface area contributed by atoms with Crippen LogP contribution in [0.3, 0.4) is 0 Å². The van der Waals surface area contributed by atoms with Crippen molar-refractivity contribution in [3.8, 4) is 34.8 Å². The number of hydrazone groups is 2. The summed E-state index contributed by atoms with van der Waals surface area (Å²) in [5.74, 6) is -4.35. The summed E-state index contributed by atoms with van der Waals surface area (Å²) in [6.07, 6.45) is 24.3. The molecule has 0 aliphatic carbocycles. The molecule has 12 aromatic carbocycles. The van der Waals surface area contributed by atoms with Gasteiger partial charge in [-0.2, -0.15) is 10.2 Å². The number of terminal acetylenes is 1. The van der Waals surface area contributed by atoms with Crippen molar-refractivity contribution < 1.29 is 89.5 Å². The maximum Gasteiger partial charge on any atom is 0.356 e. The first-order chi connectivity index (χ1) is 71.5. The summed E-state index contributed by atoms with van der Waals surface area (Å²) >= 11 is 0. The van der Waals surface area contributed by atoms with Crippen LogP contribution in [0, 0.1) is 19.1 Å². The van der Waals surface area contributed by atoms with Crippen LogP contribution < -0.4 is 34.9 Å². The molecule has 0 saturated carbocycles. The number of hydrogen-bond acceptors (Lipinski definition) is 22. The van der Waals surface area contributed by atoms with Gasteiger partial charge in [0.15, 0.2) is 11.5 Å². The summed E-state index contributed by atoms with van der Waals surface area (Å²) in [7, 11) is -0.383. The number of carboxylic acid groups (broad SMARTS) is 2. The molecule has 0 saturated heterocycles. The molecule has 2 aliphatic heterocycles. The molecule has 2 unspecified atom stereocenters. The van der Waals surface area contributed by atoms with Crippen LogP contribution in [0.1, 0.15) is 212 Å². The first-order valence-corrected chi connectivity index (χ1v) is 50.8. The largest absolute Gasteiger partial charge is 0.480 e. The predicted octanol–water partition coefficient (Wildman–Crippen LogP) is 24.9. The molecule has 0 aromatic heterocycles. The lowest BCUT2D eigenvalue weighted by molar-refractivity contribution is -0.136. The maximum absolute atomic E-state index is 11.7. The Labute approximate surface area is 871 Å². The molecule has 27 nitrogen and oxygen atoms in total. The number of rotatable bonds is 38. The number of nitrogens with zero attached hydrogens (tertiary/aromatic N) is 9. The molecule has 0 radical (unpaired) electrons. The number of carbonyl (C=O) groups is 8. The third kappa shape index (κ3) is 35.1. The number of esters is 5. The third-order valence-electron chi connectivity index (χ3n) is 24.3. The number of unbranched alkanes of at least 4 members (excludes halogenated alkanes) is 4. The molecule has 0 bridgehead atoms. The number of para-hydroxylation sites is 1. The smallest absolute Gasteiger partial charge is 0.356 e. The molecule has 2 heterocycles. The summed E-state index contributed by atoms with van der Waals surface area (Å²) in [5.41, 5.74) is 21.2. The lowest BCUT2D eigenvalue weighted by atomic mass is 10.00. The van der Waals surface area contributed by atoms with E-state index in [1.165, 1.54) is 142 Å². The number of anilines is 6. The number of carboxylic acids is 2. The van der Waals surface area contributed by atoms with Crippen LogP contribution in [-0.2, 0) is 44.3 Å². The van der Waals surface area contributed by atoms with Crippen LogP contribution in [0.15, 0.2) is 320 Å². The SMILES string of the molecule is C#COC(=O)c1ccc(-c2ccc(C(=O)OCC)cc2)cc1.CCN(CC)c1ccc(/C=C/C2=NN(c3ccc(P(=O)(O)O)cc3)C(c3ccc(N(CC)CC)cc3)C2)cc1.CCN(CC)c1ccc(/C=C/C2=NN(c3ccccc3)C(c3ccc(N(CC(=O)O)CC(=O)O)cc3)C2)cc1.COC(=O)c1ccc(C(=O)OC)cc1.COC(=O)c1ccc(C(C)=O)cc1.[C-]#[N+]c1ccc(-c2ccc(CCCCCCC)cc2)cc1.[HH].[HH]. The monoisotopic (exact) mass is 2020 g/mol. The van der Waals surface area contributed by atoms with Gasteiger partial charge in [0.1, 0.15) is 19.2 Å². The standard InChI is InChI=1S/C31H34N4O4.C31H39N4O3P.C20H23N.C18H14O4.C10H10O4.C10H10O3.2H2/c1-3-33(4-2)26-16-11-23(12-17-26)10-15-25-20-29(35(32-25)28-8-6-5-7-9-28)24-13-18-27(19-14-24)34(21-30(36)37)22-31(38)39;1-5-33(6-2)27-15-10-24(11-16-27)9-14-26-23-31(25-12-17-28(18-13-25)34(7-3)8-4)35(32-26)29-19-21-30(22-20-29)39(36,37)38;1-3-4-5-6-7-8-17-9-11-18(12-10-17)19-13-15-20(21-2)16-14-19;1-3-21-17(19)15-9-5-13(6-10-15)14-7-11-16(12-8-14)18(20)22-4-2;1-13-9(11)7-3-5-8(6-4-7)10(12)14-2;1-7(11)8-3-5-9(6-4-8)10(12)13-2;;/h5-19,29H,3-4,20-22H2,1-2H3,(H,36,37)(H,38,39);9-22,31H,5-8,23H2,1-4H3,(H2,36,37,38);9-16H,3-8H2,1H3;1,5-12H,4H2,2H3;3-6H,1-2H3;3-6H,1-2H3;2*1H/b15-10+;14-9+;;;;;;. The van der Waals surface area contributed by atoms with Crippen molar-refractivity contribution in [2.24, 2.45) is 10.2 Å². The van der Waals surface area contributed by atoms with Gasteiger partial charge in [0, 0.05) is 83.3 Å². The Morgan fingerprint density at radius 1 is 0.419 bits per heavy atom. The zero-order valence-corrected chi connectivity index (χ0v) is 86.7. The summed E-state index contributed by atoms with van der Waals surface area (Å²) in [5, 5.41) is 32.2. The average Bonchev–Trinajstić information content (AvgIpc) is 1.65. The van der Waals surface area contributed by atoms with Crippen LogP contribution >= 0.6 is 7.60 Å². The van der Waals surface area contributed by atoms with E-state index in [0.717, 1.165) is 102 Å². The van der Waals surface area contributed by atoms with Gasteiger partial charge >= 0.3 is 49.4 Å². The Kier molecular flexibility index (Phi) is 46.3. The Balaban J connectivity index is 0.000000254. The quantitative estimate of drug-likeness (QED) is 0.00531. The van der Waals surface area contributed by atoms with Gasteiger partial charge in [0.05, 0.1) is 103 Å². The van der Waals surface area contributed by atoms with Crippen LogP contribution in [-0.4, -0.2) is 159 Å². The minimum absolute atomic E-state index is 0. The van der Waals surface area contributed by atoms with Crippen molar-refractivity contribution in [3.05, 3.63) is 382 Å². The van der Waals surface area contributed by atoms with Crippen molar-refractivity contribution in [1.82, 2.24) is 0 Å². The number of ketones is 1. The highest BCUT2D eigenvalue weighted by Gasteiger charge is 2.32. The highest BCUT2D eigenvalue weighted by molar-refractivity contribution is 7.60. The number of hydrogen-bond donors (Lipinski definition) is 4. The van der Waals surface area contributed by atoms with Gasteiger partial charge in [-0.05, 0) is 276 Å². The van der Waals surface area contributed by atoms with E-state index in [1.54, 1.807) is 91.9 Å². The Morgan fingerprint density at radius 3 is 1.10 bits per heavy atom. The molecule has 772 valence electrons. The topological polar surface area (TPSA) is 329 Å². The van der Waals surface area contributed by atoms with Crippen molar-refractivity contribution in [3.63, 3.8) is 0 Å². The molecular weight excluding hydrogens is 1890 g/mol. The van der Waals surface area contributed by atoms with Gasteiger partial charge in [-0.1, -0.05) is 203 Å². The number of Topliss-reactive ketones (excluding diaryl/α,β-unsaturated/α-hetero) is 1. The number of carbonyl (C=O) groups excluding carboxylic acids is 6. The lowest BCUT2D eigenvalue weighted by Gasteiger charge is -2.26. The van der Waals surface area contributed by atoms with Crippen LogP contribution in [0.4, 0.5) is 39.8 Å². The van der Waals surface area contributed by atoms with E-state index in [4.69, 9.17) is 27.9 Å². The number of aryl methyl sites for hydroxylation is 1. The average molecular weight is 2020 g/mol. The summed E-state index contributed by atoms with van der Waals surface area (Å²) < 4.78 is 34.6. The van der Waals surface area contributed by atoms with E-state index in [0.29, 0.717) is 57.8 Å². The first kappa shape index (κ1) is 115. The number of benzene rings is 12. The molecule has 0 fully saturated rings. The molecule has 0 amide bonds. The fourth-order valence-electron chi connectivity index (χ4n) is 16.2. The fraction of sp³-hybridized carbons (Fsp3) is 0.258.